The molecule has 0 fully saturated rings. The van der Waals surface area contributed by atoms with E-state index >= 15 is 0 Å². The van der Waals surface area contributed by atoms with Gasteiger partial charge in [-0.1, -0.05) is 41.4 Å². The zero-order valence-electron chi connectivity index (χ0n) is 19.3. The number of amides is 2. The third-order valence-electron chi connectivity index (χ3n) is 5.09. The van der Waals surface area contributed by atoms with Crippen LogP contribution in [0.4, 0.5) is 5.69 Å². The minimum Gasteiger partial charge on any atom is -0.355 e. The van der Waals surface area contributed by atoms with Crippen molar-refractivity contribution in [1.82, 2.24) is 10.2 Å². The van der Waals surface area contributed by atoms with Crippen molar-refractivity contribution in [2.75, 3.05) is 23.7 Å². The Morgan fingerprint density at radius 2 is 1.76 bits per heavy atom. The number of Topliss-reactive ketones (excluding diaryl/α,β-unsaturated/α-hetero) is 1. The van der Waals surface area contributed by atoms with Gasteiger partial charge in [-0.3, -0.25) is 18.7 Å². The summed E-state index contributed by atoms with van der Waals surface area (Å²) in [5.41, 5.74) is 1.01. The van der Waals surface area contributed by atoms with E-state index in [2.05, 4.69) is 5.32 Å². The summed E-state index contributed by atoms with van der Waals surface area (Å²) in [6, 6.07) is 9.85. The second-order valence-electron chi connectivity index (χ2n) is 7.70. The number of hydrogen-bond acceptors (Lipinski definition) is 5. The molecule has 2 rings (SSSR count). The van der Waals surface area contributed by atoms with E-state index in [9.17, 15) is 22.8 Å². The molecule has 1 atom stereocenters. The molecular formula is C23H27Cl2N3O5S. The van der Waals surface area contributed by atoms with Gasteiger partial charge in [-0.15, -0.1) is 0 Å². The van der Waals surface area contributed by atoms with Crippen LogP contribution >= 0.6 is 23.2 Å². The third-order valence-corrected chi connectivity index (χ3v) is 6.82. The maximum atomic E-state index is 13.4. The molecule has 0 aromatic heterocycles. The molecule has 0 aliphatic carbocycles. The molecule has 184 valence electrons. The van der Waals surface area contributed by atoms with E-state index < -0.39 is 34.4 Å². The summed E-state index contributed by atoms with van der Waals surface area (Å²) in [6.07, 6.45) is 0.967. The van der Waals surface area contributed by atoms with Crippen molar-refractivity contribution in [3.63, 3.8) is 0 Å². The first kappa shape index (κ1) is 27.6. The van der Waals surface area contributed by atoms with Crippen LogP contribution in [-0.4, -0.2) is 56.3 Å². The number of carbonyl (C=O) groups excluding carboxylic acids is 3. The first-order chi connectivity index (χ1) is 15.8. The minimum absolute atomic E-state index is 0.0434. The van der Waals surface area contributed by atoms with Gasteiger partial charge in [0, 0.05) is 28.7 Å². The summed E-state index contributed by atoms with van der Waals surface area (Å²) in [5, 5.41) is 3.39. The molecule has 1 unspecified atom stereocenters. The lowest BCUT2D eigenvalue weighted by atomic mass is 10.1. The Kier molecular flexibility index (Phi) is 9.49. The first-order valence-corrected chi connectivity index (χ1v) is 13.0. The number of halogens is 2. The summed E-state index contributed by atoms with van der Waals surface area (Å²) in [7, 11) is -3.90. The van der Waals surface area contributed by atoms with Gasteiger partial charge < -0.3 is 10.2 Å². The predicted octanol–water partition coefficient (Wildman–Crippen LogP) is 3.52. The highest BCUT2D eigenvalue weighted by Gasteiger charge is 2.30. The minimum atomic E-state index is -3.90. The number of nitrogens with one attached hydrogen (secondary N) is 1. The van der Waals surface area contributed by atoms with E-state index in [-0.39, 0.29) is 18.0 Å². The molecule has 0 bridgehead atoms. The predicted molar refractivity (Wildman–Crippen MR) is 134 cm³/mol. The van der Waals surface area contributed by atoms with Crippen molar-refractivity contribution < 1.29 is 22.8 Å². The van der Waals surface area contributed by atoms with Crippen LogP contribution in [-0.2, 0) is 26.2 Å². The van der Waals surface area contributed by atoms with Crippen LogP contribution in [0.3, 0.4) is 0 Å². The Hall–Kier alpha value is -2.62. The maximum absolute atomic E-state index is 13.4. The van der Waals surface area contributed by atoms with Crippen molar-refractivity contribution in [3.8, 4) is 0 Å². The Bertz CT molecular complexity index is 1190. The average Bonchev–Trinajstić information content (AvgIpc) is 2.75. The molecule has 0 saturated carbocycles. The van der Waals surface area contributed by atoms with Crippen LogP contribution in [0, 0.1) is 0 Å². The number of anilines is 1. The molecule has 2 amide bonds. The zero-order valence-corrected chi connectivity index (χ0v) is 21.7. The summed E-state index contributed by atoms with van der Waals surface area (Å²) in [4.78, 5) is 39.0. The van der Waals surface area contributed by atoms with Gasteiger partial charge in [-0.25, -0.2) is 8.42 Å². The summed E-state index contributed by atoms with van der Waals surface area (Å²) < 4.78 is 26.1. The van der Waals surface area contributed by atoms with E-state index in [1.54, 1.807) is 32.0 Å². The lowest BCUT2D eigenvalue weighted by Gasteiger charge is -2.31. The highest BCUT2D eigenvalue weighted by Crippen LogP contribution is 2.24. The normalized spacial score (nSPS) is 12.1. The van der Waals surface area contributed by atoms with Crippen LogP contribution in [0.1, 0.15) is 36.7 Å². The number of carbonyl (C=O) groups is 3. The number of ketones is 1. The summed E-state index contributed by atoms with van der Waals surface area (Å²) >= 11 is 12.2. The van der Waals surface area contributed by atoms with E-state index in [0.717, 1.165) is 10.6 Å². The maximum Gasteiger partial charge on any atom is 0.244 e. The van der Waals surface area contributed by atoms with Gasteiger partial charge in [0.05, 0.1) is 11.9 Å². The van der Waals surface area contributed by atoms with Gasteiger partial charge >= 0.3 is 0 Å². The quantitative estimate of drug-likeness (QED) is 0.476. The highest BCUT2D eigenvalue weighted by atomic mass is 35.5. The number of nitrogens with zero attached hydrogens (tertiary/aromatic N) is 2. The van der Waals surface area contributed by atoms with Gasteiger partial charge in [0.15, 0.2) is 5.78 Å². The summed E-state index contributed by atoms with van der Waals surface area (Å²) in [6.45, 7) is 4.41. The number of likely N-dealkylation sites (N-methyl/N-ethyl adjacent to an activating group) is 1. The molecule has 0 saturated heterocycles. The van der Waals surface area contributed by atoms with Crippen molar-refractivity contribution in [2.45, 2.75) is 33.4 Å². The van der Waals surface area contributed by atoms with Crippen molar-refractivity contribution in [3.05, 3.63) is 63.6 Å². The second kappa shape index (κ2) is 11.7. The molecule has 11 heteroatoms. The average molecular weight is 528 g/mol. The molecular weight excluding hydrogens is 501 g/mol. The van der Waals surface area contributed by atoms with Crippen LogP contribution in [0.25, 0.3) is 0 Å². The van der Waals surface area contributed by atoms with E-state index in [1.165, 1.54) is 36.1 Å². The van der Waals surface area contributed by atoms with Crippen LogP contribution < -0.4 is 9.62 Å². The van der Waals surface area contributed by atoms with Gasteiger partial charge in [-0.2, -0.15) is 0 Å². The molecule has 0 spiro atoms. The molecule has 1 N–H and O–H groups in total. The highest BCUT2D eigenvalue weighted by molar-refractivity contribution is 7.92. The Labute approximate surface area is 209 Å². The van der Waals surface area contributed by atoms with E-state index in [1.807, 2.05) is 0 Å². The van der Waals surface area contributed by atoms with E-state index in [4.69, 9.17) is 23.2 Å². The molecule has 2 aromatic carbocycles. The number of benzene rings is 2. The Morgan fingerprint density at radius 3 is 2.32 bits per heavy atom. The number of rotatable bonds is 10. The third kappa shape index (κ3) is 7.19. The van der Waals surface area contributed by atoms with Crippen molar-refractivity contribution >= 4 is 56.5 Å². The smallest absolute Gasteiger partial charge is 0.244 e. The fourth-order valence-electron chi connectivity index (χ4n) is 3.23. The molecule has 0 aliphatic rings. The second-order valence-corrected chi connectivity index (χ2v) is 10.5. The van der Waals surface area contributed by atoms with Gasteiger partial charge in [0.2, 0.25) is 21.8 Å². The first-order valence-electron chi connectivity index (χ1n) is 10.4. The van der Waals surface area contributed by atoms with Crippen molar-refractivity contribution in [2.24, 2.45) is 0 Å². The van der Waals surface area contributed by atoms with E-state index in [0.29, 0.717) is 27.7 Å². The lowest BCUT2D eigenvalue weighted by Crippen LogP contribution is -2.51. The van der Waals surface area contributed by atoms with Crippen LogP contribution in [0.2, 0.25) is 10.0 Å². The largest absolute Gasteiger partial charge is 0.355 e. The standard InChI is InChI=1S/C23H27Cl2N3O5S/c1-5-26-23(31)15(2)27(13-18-9-10-19(24)12-21(18)25)22(30)14-28(34(4,32)33)20-8-6-7-17(11-20)16(3)29/h6-12,15H,5,13-14H2,1-4H3,(H,26,31). The Morgan fingerprint density at radius 1 is 1.09 bits per heavy atom. The van der Waals surface area contributed by atoms with Crippen LogP contribution in [0.5, 0.6) is 0 Å². The number of sulfonamides is 1. The molecule has 0 heterocycles. The summed E-state index contributed by atoms with van der Waals surface area (Å²) in [5.74, 6) is -1.26. The fourth-order valence-corrected chi connectivity index (χ4v) is 4.54. The molecule has 0 radical (unpaired) electrons. The Balaban J connectivity index is 2.45. The lowest BCUT2D eigenvalue weighted by molar-refractivity contribution is -0.139. The van der Waals surface area contributed by atoms with Gasteiger partial charge in [0.25, 0.3) is 0 Å². The fraction of sp³-hybridized carbons (Fsp3) is 0.348. The van der Waals surface area contributed by atoms with Gasteiger partial charge in [0.1, 0.15) is 12.6 Å². The van der Waals surface area contributed by atoms with Crippen LogP contribution in [0.15, 0.2) is 42.5 Å². The molecule has 2 aromatic rings. The molecule has 0 aliphatic heterocycles. The molecule has 8 nitrogen and oxygen atoms in total. The zero-order chi connectivity index (χ0) is 25.6. The molecule has 34 heavy (non-hydrogen) atoms. The number of hydrogen-bond donors (Lipinski definition) is 1. The van der Waals surface area contributed by atoms with Gasteiger partial charge in [-0.05, 0) is 50.6 Å². The SMILES string of the molecule is CCNC(=O)C(C)N(Cc1ccc(Cl)cc1Cl)C(=O)CN(c1cccc(C(C)=O)c1)S(C)(=O)=O. The topological polar surface area (TPSA) is 104 Å². The van der Waals surface area contributed by atoms with Crippen molar-refractivity contribution in [1.29, 1.82) is 0 Å². The monoisotopic (exact) mass is 527 g/mol.